The molecule has 8 heteroatoms. The number of guanidine groups is 1. The minimum atomic E-state index is -0.111. The minimum absolute atomic E-state index is 0. The van der Waals surface area contributed by atoms with Gasteiger partial charge in [-0.1, -0.05) is 38.8 Å². The fourth-order valence-corrected chi connectivity index (χ4v) is 3.96. The highest BCUT2D eigenvalue weighted by Gasteiger charge is 2.22. The zero-order chi connectivity index (χ0) is 22.5. The van der Waals surface area contributed by atoms with Crippen LogP contribution in [-0.4, -0.2) is 62.6 Å². The van der Waals surface area contributed by atoms with Crippen LogP contribution in [0.1, 0.15) is 52.0 Å². The molecule has 1 aliphatic heterocycles. The molecule has 7 nitrogen and oxygen atoms in total. The van der Waals surface area contributed by atoms with E-state index in [1.165, 1.54) is 38.8 Å². The quantitative estimate of drug-likeness (QED) is 0.233. The first-order valence-electron chi connectivity index (χ1n) is 11.7. The molecule has 0 radical (unpaired) electrons. The molecule has 1 atom stereocenters. The molecule has 0 spiro atoms. The van der Waals surface area contributed by atoms with E-state index < -0.39 is 0 Å². The van der Waals surface area contributed by atoms with Crippen molar-refractivity contribution in [3.63, 3.8) is 0 Å². The van der Waals surface area contributed by atoms with Crippen LogP contribution in [0.2, 0.25) is 0 Å². The number of nitrogens with one attached hydrogen (secondary N) is 3. The zero-order valence-corrected chi connectivity index (χ0v) is 22.5. The van der Waals surface area contributed by atoms with Gasteiger partial charge in [-0.05, 0) is 56.5 Å². The number of ether oxygens (including phenoxy) is 1. The highest BCUT2D eigenvalue weighted by molar-refractivity contribution is 14.0. The summed E-state index contributed by atoms with van der Waals surface area (Å²) in [5.74, 6) is 1.96. The lowest BCUT2D eigenvalue weighted by atomic mass is 10.0. The maximum Gasteiger partial charge on any atom is 0.257 e. The van der Waals surface area contributed by atoms with E-state index in [0.717, 1.165) is 18.1 Å². The van der Waals surface area contributed by atoms with Crippen molar-refractivity contribution < 1.29 is 9.53 Å². The largest absolute Gasteiger partial charge is 0.484 e. The normalized spacial score (nSPS) is 16.0. The average Bonchev–Trinajstić information content (AvgIpc) is 3.04. The van der Waals surface area contributed by atoms with Crippen LogP contribution in [0.15, 0.2) is 29.3 Å². The Morgan fingerprint density at radius 2 is 1.84 bits per heavy atom. The maximum absolute atomic E-state index is 11.6. The van der Waals surface area contributed by atoms with Crippen LogP contribution in [0.5, 0.6) is 5.75 Å². The number of aliphatic imine (C=N–C) groups is 1. The summed E-state index contributed by atoms with van der Waals surface area (Å²) in [6.45, 7) is 11.0. The number of benzene rings is 1. The summed E-state index contributed by atoms with van der Waals surface area (Å²) in [4.78, 5) is 18.6. The molecular weight excluding hydrogens is 517 g/mol. The van der Waals surface area contributed by atoms with Crippen molar-refractivity contribution in [1.29, 1.82) is 0 Å². The van der Waals surface area contributed by atoms with Gasteiger partial charge in [-0.15, -0.1) is 24.0 Å². The number of nitrogens with zero attached hydrogens (tertiary/aromatic N) is 2. The van der Waals surface area contributed by atoms with Gasteiger partial charge in [-0.25, -0.2) is 0 Å². The molecule has 1 saturated heterocycles. The van der Waals surface area contributed by atoms with E-state index in [1.54, 1.807) is 7.05 Å². The predicted octanol–water partition coefficient (Wildman–Crippen LogP) is 3.39. The molecule has 0 bridgehead atoms. The second-order valence-corrected chi connectivity index (χ2v) is 8.46. The van der Waals surface area contributed by atoms with E-state index in [2.05, 4.69) is 39.7 Å². The molecule has 0 aliphatic carbocycles. The summed E-state index contributed by atoms with van der Waals surface area (Å²) in [5.41, 5.74) is 1.07. The lowest BCUT2D eigenvalue weighted by Gasteiger charge is -2.34. The molecule has 3 N–H and O–H groups in total. The molecule has 1 heterocycles. The predicted molar refractivity (Wildman–Crippen MR) is 143 cm³/mol. The number of carbonyl (C=O) groups excluding carboxylic acids is 1. The molecule has 1 fully saturated rings. The molecule has 2 rings (SSSR count). The van der Waals surface area contributed by atoms with Crippen LogP contribution in [0, 0.1) is 5.92 Å². The maximum atomic E-state index is 11.6. The average molecular weight is 560 g/mol. The highest BCUT2D eigenvalue weighted by atomic mass is 127. The summed E-state index contributed by atoms with van der Waals surface area (Å²) in [5, 5.41) is 9.65. The van der Waals surface area contributed by atoms with Gasteiger partial charge in [0.25, 0.3) is 5.91 Å². The van der Waals surface area contributed by atoms with Crippen LogP contribution in [0.4, 0.5) is 0 Å². The number of hydrogen-bond donors (Lipinski definition) is 3. The van der Waals surface area contributed by atoms with Gasteiger partial charge >= 0.3 is 0 Å². The van der Waals surface area contributed by atoms with Gasteiger partial charge in [0.1, 0.15) is 5.75 Å². The first-order chi connectivity index (χ1) is 15.0. The molecular formula is C24H42IN5O2. The van der Waals surface area contributed by atoms with E-state index in [1.807, 2.05) is 31.2 Å². The fourth-order valence-electron chi connectivity index (χ4n) is 3.96. The standard InChI is InChI=1S/C24H41N5O2.HI/c1-5-26-23(30)18-31-21-12-10-11-20(15-21)16-27-24(25-4)28-17-22(19(2)3)29-13-8-6-7-9-14-29;/h10-12,15,19,22H,5-9,13-14,16-18H2,1-4H3,(H,26,30)(H2,25,27,28);1H. The van der Waals surface area contributed by atoms with E-state index in [-0.39, 0.29) is 36.5 Å². The zero-order valence-electron chi connectivity index (χ0n) is 20.2. The molecule has 1 aromatic carbocycles. The summed E-state index contributed by atoms with van der Waals surface area (Å²) in [7, 11) is 1.80. The van der Waals surface area contributed by atoms with Gasteiger partial charge in [0.15, 0.2) is 12.6 Å². The number of halogens is 1. The second-order valence-electron chi connectivity index (χ2n) is 8.46. The molecule has 182 valence electrons. The Labute approximate surface area is 211 Å². The SMILES string of the molecule is CCNC(=O)COc1cccc(CNC(=NC)NCC(C(C)C)N2CCCCCC2)c1.I. The van der Waals surface area contributed by atoms with Crippen molar-refractivity contribution in [1.82, 2.24) is 20.9 Å². The second kappa shape index (κ2) is 16.1. The Balaban J connectivity index is 0.00000512. The third-order valence-electron chi connectivity index (χ3n) is 5.68. The fraction of sp³-hybridized carbons (Fsp3) is 0.667. The lowest BCUT2D eigenvalue weighted by Crippen LogP contribution is -2.49. The van der Waals surface area contributed by atoms with Crippen molar-refractivity contribution in [2.24, 2.45) is 10.9 Å². The van der Waals surface area contributed by atoms with Crippen LogP contribution in [-0.2, 0) is 11.3 Å². The monoisotopic (exact) mass is 559 g/mol. The van der Waals surface area contributed by atoms with Gasteiger partial charge in [0, 0.05) is 32.7 Å². The smallest absolute Gasteiger partial charge is 0.257 e. The Bertz CT molecular complexity index is 691. The third-order valence-corrected chi connectivity index (χ3v) is 5.68. The molecule has 0 aromatic heterocycles. The number of hydrogen-bond acceptors (Lipinski definition) is 4. The first-order valence-corrected chi connectivity index (χ1v) is 11.7. The number of carbonyl (C=O) groups is 1. The topological polar surface area (TPSA) is 78.0 Å². The number of likely N-dealkylation sites (N-methyl/N-ethyl adjacent to an activating group) is 1. The van der Waals surface area contributed by atoms with Gasteiger partial charge in [-0.3, -0.25) is 14.7 Å². The van der Waals surface area contributed by atoms with Crippen LogP contribution < -0.4 is 20.7 Å². The minimum Gasteiger partial charge on any atom is -0.484 e. The van der Waals surface area contributed by atoms with Crippen molar-refractivity contribution in [2.75, 3.05) is 39.8 Å². The van der Waals surface area contributed by atoms with E-state index in [4.69, 9.17) is 4.74 Å². The number of amides is 1. The van der Waals surface area contributed by atoms with Crippen molar-refractivity contribution in [2.45, 2.75) is 59.0 Å². The highest BCUT2D eigenvalue weighted by Crippen LogP contribution is 2.17. The van der Waals surface area contributed by atoms with E-state index >= 15 is 0 Å². The van der Waals surface area contributed by atoms with Gasteiger partial charge in [0.05, 0.1) is 0 Å². The molecule has 1 aliphatic rings. The third kappa shape index (κ3) is 10.4. The molecule has 0 saturated carbocycles. The Morgan fingerprint density at radius 1 is 1.12 bits per heavy atom. The van der Waals surface area contributed by atoms with Crippen LogP contribution >= 0.6 is 24.0 Å². The van der Waals surface area contributed by atoms with E-state index in [0.29, 0.717) is 30.8 Å². The first kappa shape index (κ1) is 28.5. The van der Waals surface area contributed by atoms with Crippen LogP contribution in [0.25, 0.3) is 0 Å². The number of likely N-dealkylation sites (tertiary alicyclic amines) is 1. The van der Waals surface area contributed by atoms with E-state index in [9.17, 15) is 4.79 Å². The van der Waals surface area contributed by atoms with Gasteiger partial charge in [0.2, 0.25) is 0 Å². The summed E-state index contributed by atoms with van der Waals surface area (Å²) in [6.07, 6.45) is 5.30. The van der Waals surface area contributed by atoms with Gasteiger partial charge in [-0.2, -0.15) is 0 Å². The lowest BCUT2D eigenvalue weighted by molar-refractivity contribution is -0.122. The Kier molecular flexibility index (Phi) is 14.4. The molecule has 1 unspecified atom stereocenters. The molecule has 1 amide bonds. The summed E-state index contributed by atoms with van der Waals surface area (Å²) >= 11 is 0. The molecule has 32 heavy (non-hydrogen) atoms. The Morgan fingerprint density at radius 3 is 2.47 bits per heavy atom. The summed E-state index contributed by atoms with van der Waals surface area (Å²) < 4.78 is 5.59. The van der Waals surface area contributed by atoms with Gasteiger partial charge < -0.3 is 20.7 Å². The van der Waals surface area contributed by atoms with Crippen molar-refractivity contribution in [3.05, 3.63) is 29.8 Å². The van der Waals surface area contributed by atoms with Crippen LogP contribution in [0.3, 0.4) is 0 Å². The summed E-state index contributed by atoms with van der Waals surface area (Å²) in [6, 6.07) is 8.29. The number of rotatable bonds is 10. The van der Waals surface area contributed by atoms with Crippen molar-refractivity contribution >= 4 is 35.8 Å². The Hall–Kier alpha value is -1.55. The molecule has 1 aromatic rings. The van der Waals surface area contributed by atoms with Crippen molar-refractivity contribution in [3.8, 4) is 5.75 Å².